The van der Waals surface area contributed by atoms with Gasteiger partial charge in [0.1, 0.15) is 11.5 Å². The molecular formula is C14H15N5O2. The third kappa shape index (κ3) is 4.34. The molecule has 7 nitrogen and oxygen atoms in total. The van der Waals surface area contributed by atoms with E-state index in [-0.39, 0.29) is 17.5 Å². The standard InChI is InChI=1S/C14H15N5O2/c1-2-3-13(20)19-12-5-4-10(8-17-12)18-14(21)11-9-15-6-7-16-11/h4-9H,2-3H2,1H3,(H,18,21)(H,17,19,20). The maximum Gasteiger partial charge on any atom is 0.275 e. The summed E-state index contributed by atoms with van der Waals surface area (Å²) in [7, 11) is 0. The smallest absolute Gasteiger partial charge is 0.275 e. The van der Waals surface area contributed by atoms with Crippen molar-refractivity contribution in [3.63, 3.8) is 0 Å². The molecule has 108 valence electrons. The molecule has 0 saturated carbocycles. The summed E-state index contributed by atoms with van der Waals surface area (Å²) in [5.74, 6) is -0.0000316. The quantitative estimate of drug-likeness (QED) is 0.874. The van der Waals surface area contributed by atoms with Gasteiger partial charge in [-0.05, 0) is 18.6 Å². The zero-order valence-electron chi connectivity index (χ0n) is 11.5. The topological polar surface area (TPSA) is 96.9 Å². The van der Waals surface area contributed by atoms with Crippen LogP contribution in [0.2, 0.25) is 0 Å². The van der Waals surface area contributed by atoms with E-state index in [2.05, 4.69) is 25.6 Å². The molecule has 0 atom stereocenters. The Morgan fingerprint density at radius 2 is 1.95 bits per heavy atom. The summed E-state index contributed by atoms with van der Waals surface area (Å²) in [6.45, 7) is 1.93. The predicted octanol–water partition coefficient (Wildman–Crippen LogP) is 1.86. The molecule has 2 N–H and O–H groups in total. The number of rotatable bonds is 5. The molecule has 0 aliphatic rings. The second-order valence-electron chi connectivity index (χ2n) is 4.28. The SMILES string of the molecule is CCCC(=O)Nc1ccc(NC(=O)c2cnccn2)cn1. The Morgan fingerprint density at radius 1 is 1.10 bits per heavy atom. The Hall–Kier alpha value is -2.83. The van der Waals surface area contributed by atoms with E-state index in [0.29, 0.717) is 17.9 Å². The van der Waals surface area contributed by atoms with Crippen LogP contribution in [-0.2, 0) is 4.79 Å². The Kier molecular flexibility index (Phi) is 4.92. The van der Waals surface area contributed by atoms with Crippen molar-refractivity contribution in [3.05, 3.63) is 42.6 Å². The van der Waals surface area contributed by atoms with Crippen LogP contribution in [-0.4, -0.2) is 26.8 Å². The molecule has 0 fully saturated rings. The van der Waals surface area contributed by atoms with Crippen LogP contribution in [0.1, 0.15) is 30.3 Å². The normalized spacial score (nSPS) is 9.95. The van der Waals surface area contributed by atoms with Crippen molar-refractivity contribution >= 4 is 23.3 Å². The minimum atomic E-state index is -0.368. The summed E-state index contributed by atoms with van der Waals surface area (Å²) in [5, 5.41) is 5.32. The van der Waals surface area contributed by atoms with E-state index >= 15 is 0 Å². The molecule has 0 unspecified atom stereocenters. The predicted molar refractivity (Wildman–Crippen MR) is 77.8 cm³/mol. The maximum atomic E-state index is 11.9. The van der Waals surface area contributed by atoms with Crippen LogP contribution in [0.15, 0.2) is 36.9 Å². The van der Waals surface area contributed by atoms with Crippen LogP contribution in [0, 0.1) is 0 Å². The van der Waals surface area contributed by atoms with Gasteiger partial charge >= 0.3 is 0 Å². The number of amides is 2. The third-order valence-corrected chi connectivity index (χ3v) is 2.56. The van der Waals surface area contributed by atoms with Gasteiger partial charge in [0.2, 0.25) is 5.91 Å². The molecule has 7 heteroatoms. The molecule has 2 heterocycles. The highest BCUT2D eigenvalue weighted by atomic mass is 16.2. The average molecular weight is 285 g/mol. The summed E-state index contributed by atoms with van der Waals surface area (Å²) >= 11 is 0. The fraction of sp³-hybridized carbons (Fsp3) is 0.214. The van der Waals surface area contributed by atoms with E-state index in [1.807, 2.05) is 6.92 Å². The summed E-state index contributed by atoms with van der Waals surface area (Å²) in [6.07, 6.45) is 7.01. The Morgan fingerprint density at radius 3 is 2.57 bits per heavy atom. The first-order valence-corrected chi connectivity index (χ1v) is 6.52. The van der Waals surface area contributed by atoms with Gasteiger partial charge in [-0.1, -0.05) is 6.92 Å². The maximum absolute atomic E-state index is 11.9. The highest BCUT2D eigenvalue weighted by Crippen LogP contribution is 2.11. The molecule has 0 aliphatic carbocycles. The molecule has 2 aromatic heterocycles. The molecule has 0 bridgehead atoms. The summed E-state index contributed by atoms with van der Waals surface area (Å²) in [6, 6.07) is 3.28. The molecule has 0 radical (unpaired) electrons. The highest BCUT2D eigenvalue weighted by Gasteiger charge is 2.08. The summed E-state index contributed by atoms with van der Waals surface area (Å²) in [4.78, 5) is 35.1. The molecule has 0 saturated heterocycles. The van der Waals surface area contributed by atoms with E-state index in [4.69, 9.17) is 0 Å². The number of aromatic nitrogens is 3. The van der Waals surface area contributed by atoms with Crippen molar-refractivity contribution < 1.29 is 9.59 Å². The Balaban J connectivity index is 1.96. The fourth-order valence-corrected chi connectivity index (χ4v) is 1.59. The van der Waals surface area contributed by atoms with Crippen LogP contribution in [0.5, 0.6) is 0 Å². The van der Waals surface area contributed by atoms with Crippen LogP contribution >= 0.6 is 0 Å². The van der Waals surface area contributed by atoms with Gasteiger partial charge in [-0.3, -0.25) is 14.6 Å². The number of carbonyl (C=O) groups excluding carboxylic acids is 2. The molecule has 2 rings (SSSR count). The Labute approximate surface area is 121 Å². The second-order valence-corrected chi connectivity index (χ2v) is 4.28. The lowest BCUT2D eigenvalue weighted by Gasteiger charge is -2.06. The van der Waals surface area contributed by atoms with Crippen LogP contribution < -0.4 is 10.6 Å². The fourth-order valence-electron chi connectivity index (χ4n) is 1.59. The van der Waals surface area contributed by atoms with Crippen molar-refractivity contribution in [1.29, 1.82) is 0 Å². The summed E-state index contributed by atoms with van der Waals surface area (Å²) < 4.78 is 0. The number of hydrogen-bond acceptors (Lipinski definition) is 5. The number of nitrogens with zero attached hydrogens (tertiary/aromatic N) is 3. The van der Waals surface area contributed by atoms with Crippen molar-refractivity contribution in [2.24, 2.45) is 0 Å². The van der Waals surface area contributed by atoms with Gasteiger partial charge in [-0.2, -0.15) is 0 Å². The largest absolute Gasteiger partial charge is 0.319 e. The van der Waals surface area contributed by atoms with E-state index in [1.54, 1.807) is 12.1 Å². The first-order valence-electron chi connectivity index (χ1n) is 6.52. The van der Waals surface area contributed by atoms with Gasteiger partial charge in [0.25, 0.3) is 5.91 Å². The highest BCUT2D eigenvalue weighted by molar-refractivity contribution is 6.02. The van der Waals surface area contributed by atoms with Crippen LogP contribution in [0.25, 0.3) is 0 Å². The zero-order valence-corrected chi connectivity index (χ0v) is 11.5. The van der Waals surface area contributed by atoms with Crippen molar-refractivity contribution in [3.8, 4) is 0 Å². The monoisotopic (exact) mass is 285 g/mol. The minimum Gasteiger partial charge on any atom is -0.319 e. The molecule has 2 amide bonds. The minimum absolute atomic E-state index is 0.0821. The van der Waals surface area contributed by atoms with Gasteiger partial charge in [0.05, 0.1) is 18.1 Å². The van der Waals surface area contributed by atoms with E-state index in [9.17, 15) is 9.59 Å². The third-order valence-electron chi connectivity index (χ3n) is 2.56. The van der Waals surface area contributed by atoms with Gasteiger partial charge in [0.15, 0.2) is 0 Å². The number of pyridine rings is 1. The molecule has 0 aromatic carbocycles. The van der Waals surface area contributed by atoms with E-state index in [0.717, 1.165) is 6.42 Å². The van der Waals surface area contributed by atoms with E-state index < -0.39 is 0 Å². The number of hydrogen-bond donors (Lipinski definition) is 2. The molecule has 21 heavy (non-hydrogen) atoms. The number of carbonyl (C=O) groups is 2. The molecular weight excluding hydrogens is 270 g/mol. The van der Waals surface area contributed by atoms with Gasteiger partial charge < -0.3 is 10.6 Å². The summed E-state index contributed by atoms with van der Waals surface area (Å²) in [5.41, 5.74) is 0.733. The van der Waals surface area contributed by atoms with Crippen molar-refractivity contribution in [2.75, 3.05) is 10.6 Å². The van der Waals surface area contributed by atoms with Crippen LogP contribution in [0.3, 0.4) is 0 Å². The lowest BCUT2D eigenvalue weighted by atomic mass is 10.3. The lowest BCUT2D eigenvalue weighted by molar-refractivity contribution is -0.116. The second kappa shape index (κ2) is 7.09. The van der Waals surface area contributed by atoms with Crippen molar-refractivity contribution in [2.45, 2.75) is 19.8 Å². The van der Waals surface area contributed by atoms with Gasteiger partial charge in [-0.25, -0.2) is 9.97 Å². The lowest BCUT2D eigenvalue weighted by Crippen LogP contribution is -2.15. The first-order chi connectivity index (χ1) is 10.2. The van der Waals surface area contributed by atoms with E-state index in [1.165, 1.54) is 24.8 Å². The number of anilines is 2. The molecule has 0 spiro atoms. The number of nitrogens with one attached hydrogen (secondary N) is 2. The average Bonchev–Trinajstić information content (AvgIpc) is 2.50. The van der Waals surface area contributed by atoms with Gasteiger partial charge in [0, 0.05) is 18.8 Å². The van der Waals surface area contributed by atoms with Gasteiger partial charge in [-0.15, -0.1) is 0 Å². The van der Waals surface area contributed by atoms with Crippen LogP contribution in [0.4, 0.5) is 11.5 Å². The molecule has 0 aliphatic heterocycles. The van der Waals surface area contributed by atoms with Crippen molar-refractivity contribution in [1.82, 2.24) is 15.0 Å². The molecule has 2 aromatic rings. The Bertz CT molecular complexity index is 613. The first kappa shape index (κ1) is 14.6. The zero-order chi connectivity index (χ0) is 15.1.